The highest BCUT2D eigenvalue weighted by atomic mass is 16.7. The Kier molecular flexibility index (Phi) is 64.9. The molecular formula is C74H145NO8. The maximum absolute atomic E-state index is 12.9. The monoisotopic (exact) mass is 1180 g/mol. The van der Waals surface area contributed by atoms with Gasteiger partial charge in [0.1, 0.15) is 13.2 Å². The van der Waals surface area contributed by atoms with E-state index in [1.54, 1.807) is 0 Å². The third-order valence-electron chi connectivity index (χ3n) is 17.4. The van der Waals surface area contributed by atoms with Crippen molar-refractivity contribution in [3.8, 4) is 0 Å². The number of rotatable bonds is 71. The molecule has 0 aliphatic carbocycles. The van der Waals surface area contributed by atoms with Gasteiger partial charge in [-0.1, -0.05) is 373 Å². The van der Waals surface area contributed by atoms with E-state index in [1.165, 1.54) is 334 Å². The molecule has 9 nitrogen and oxygen atoms in total. The van der Waals surface area contributed by atoms with Crippen LogP contribution in [0.5, 0.6) is 0 Å². The minimum Gasteiger partial charge on any atom is -0.545 e. The summed E-state index contributed by atoms with van der Waals surface area (Å²) in [6.45, 7) is 4.84. The molecule has 0 aromatic heterocycles. The van der Waals surface area contributed by atoms with Crippen molar-refractivity contribution in [2.24, 2.45) is 0 Å². The Hall–Kier alpha value is -1.71. The first-order valence-corrected chi connectivity index (χ1v) is 37.2. The molecule has 0 amide bonds. The van der Waals surface area contributed by atoms with Crippen LogP contribution in [-0.4, -0.2) is 82.3 Å². The molecule has 0 saturated carbocycles. The van der Waals surface area contributed by atoms with E-state index < -0.39 is 24.3 Å². The molecule has 2 unspecified atom stereocenters. The number of ether oxygens (including phenoxy) is 4. The molecule has 0 aromatic carbocycles. The standard InChI is InChI=1S/C74H145NO8/c1-6-8-10-12-14-16-18-20-22-24-26-28-29-30-31-32-33-34-35-36-37-38-39-40-41-42-43-44-45-47-49-51-53-55-57-59-61-63-65-72(77)83-70(69-82-74(73(78)79)80-67-66-75(3,4)5)68-81-71(76)64-62-60-58-56-54-52-50-48-46-27-25-23-21-19-17-15-13-11-9-7-2/h70,74H,6-69H2,1-5H3. The van der Waals surface area contributed by atoms with Crippen LogP contribution in [0.1, 0.15) is 399 Å². The molecule has 0 saturated heterocycles. The summed E-state index contributed by atoms with van der Waals surface area (Å²) in [5.74, 6) is -2.24. The van der Waals surface area contributed by atoms with Crippen molar-refractivity contribution in [3.63, 3.8) is 0 Å². The number of quaternary nitrogens is 1. The van der Waals surface area contributed by atoms with E-state index in [-0.39, 0.29) is 32.2 Å². The quantitative estimate of drug-likeness (QED) is 0.0256. The lowest BCUT2D eigenvalue weighted by Gasteiger charge is -2.26. The van der Waals surface area contributed by atoms with Crippen LogP contribution in [0.15, 0.2) is 0 Å². The van der Waals surface area contributed by atoms with Gasteiger partial charge in [-0.3, -0.25) is 9.59 Å². The SMILES string of the molecule is CCCCCCCCCCCCCCCCCCCCCCCCCCCCCCCCCCCCCCCCC(=O)OC(COC(=O)CCCCCCCCCCCCCCCCCCCCCC)COC(OCC[N+](C)(C)C)C(=O)[O-]. The number of aliphatic carboxylic acids is 1. The van der Waals surface area contributed by atoms with E-state index in [2.05, 4.69) is 13.8 Å². The highest BCUT2D eigenvalue weighted by Crippen LogP contribution is 2.20. The number of carboxylic acid groups (broad SMARTS) is 1. The summed E-state index contributed by atoms with van der Waals surface area (Å²) in [7, 11) is 5.95. The lowest BCUT2D eigenvalue weighted by molar-refractivity contribution is -0.870. The second-order valence-corrected chi connectivity index (χ2v) is 27.0. The fourth-order valence-corrected chi connectivity index (χ4v) is 11.7. The van der Waals surface area contributed by atoms with Crippen LogP contribution in [-0.2, 0) is 33.3 Å². The molecule has 2 atom stereocenters. The van der Waals surface area contributed by atoms with Crippen LogP contribution < -0.4 is 5.11 Å². The number of carbonyl (C=O) groups excluding carboxylic acids is 3. The van der Waals surface area contributed by atoms with Gasteiger partial charge in [0.05, 0.1) is 40.3 Å². The number of hydrogen-bond donors (Lipinski definition) is 0. The second-order valence-electron chi connectivity index (χ2n) is 27.0. The fraction of sp³-hybridized carbons (Fsp3) is 0.959. The molecule has 0 aromatic rings. The second kappa shape index (κ2) is 66.2. The number of carboxylic acids is 1. The van der Waals surface area contributed by atoms with Crippen molar-refractivity contribution < 1.29 is 42.9 Å². The maximum Gasteiger partial charge on any atom is 0.306 e. The fourth-order valence-electron chi connectivity index (χ4n) is 11.7. The zero-order valence-electron chi connectivity index (χ0n) is 56.6. The van der Waals surface area contributed by atoms with Gasteiger partial charge in [-0.2, -0.15) is 0 Å². The Balaban J connectivity index is 3.93. The van der Waals surface area contributed by atoms with Gasteiger partial charge in [0.15, 0.2) is 12.4 Å². The third kappa shape index (κ3) is 67.7. The number of nitrogens with zero attached hydrogens (tertiary/aromatic N) is 1. The van der Waals surface area contributed by atoms with E-state index in [1.807, 2.05) is 21.1 Å². The van der Waals surface area contributed by atoms with Gasteiger partial charge in [0, 0.05) is 12.8 Å². The summed E-state index contributed by atoms with van der Waals surface area (Å²) in [6, 6.07) is 0. The van der Waals surface area contributed by atoms with Gasteiger partial charge in [-0.25, -0.2) is 0 Å². The van der Waals surface area contributed by atoms with Gasteiger partial charge in [0.25, 0.3) is 0 Å². The number of hydrogen-bond acceptors (Lipinski definition) is 8. The highest BCUT2D eigenvalue weighted by Gasteiger charge is 2.22. The Bertz CT molecular complexity index is 1320. The molecule has 83 heavy (non-hydrogen) atoms. The number of likely N-dealkylation sites (N-methyl/N-ethyl adjacent to an activating group) is 1. The van der Waals surface area contributed by atoms with Crippen molar-refractivity contribution in [3.05, 3.63) is 0 Å². The zero-order valence-corrected chi connectivity index (χ0v) is 56.6. The van der Waals surface area contributed by atoms with Crippen LogP contribution >= 0.6 is 0 Å². The molecule has 9 heteroatoms. The minimum absolute atomic E-state index is 0.154. The topological polar surface area (TPSA) is 111 Å². The zero-order chi connectivity index (χ0) is 60.5. The Morgan fingerprint density at radius 1 is 0.313 bits per heavy atom. The molecule has 0 bridgehead atoms. The van der Waals surface area contributed by atoms with Crippen molar-refractivity contribution in [1.29, 1.82) is 0 Å². The summed E-state index contributed by atoms with van der Waals surface area (Å²) in [6.07, 6.45) is 76.5. The summed E-state index contributed by atoms with van der Waals surface area (Å²) in [5, 5.41) is 11.8. The maximum atomic E-state index is 12.9. The predicted octanol–water partition coefficient (Wildman–Crippen LogP) is 21.7. The molecule has 0 rings (SSSR count). The van der Waals surface area contributed by atoms with Gasteiger partial charge >= 0.3 is 11.9 Å². The average Bonchev–Trinajstić information content (AvgIpc) is 3.46. The van der Waals surface area contributed by atoms with Crippen LogP contribution in [0.4, 0.5) is 0 Å². The average molecular weight is 1180 g/mol. The summed E-state index contributed by atoms with van der Waals surface area (Å²) in [5.41, 5.74) is 0. The minimum atomic E-state index is -1.62. The molecule has 0 spiro atoms. The number of esters is 2. The number of unbranched alkanes of at least 4 members (excludes halogenated alkanes) is 56. The van der Waals surface area contributed by atoms with Crippen LogP contribution in [0.3, 0.4) is 0 Å². The summed E-state index contributed by atoms with van der Waals surface area (Å²) >= 11 is 0. The normalized spacial score (nSPS) is 12.5. The molecule has 0 fully saturated rings. The smallest absolute Gasteiger partial charge is 0.306 e. The van der Waals surface area contributed by atoms with Crippen LogP contribution in [0, 0.1) is 0 Å². The van der Waals surface area contributed by atoms with Gasteiger partial charge in [-0.05, 0) is 12.8 Å². The third-order valence-corrected chi connectivity index (χ3v) is 17.4. The van der Waals surface area contributed by atoms with Crippen molar-refractivity contribution >= 4 is 17.9 Å². The van der Waals surface area contributed by atoms with Gasteiger partial charge in [-0.15, -0.1) is 0 Å². The highest BCUT2D eigenvalue weighted by molar-refractivity contribution is 5.70. The predicted molar refractivity (Wildman–Crippen MR) is 353 cm³/mol. The van der Waals surface area contributed by atoms with Crippen LogP contribution in [0.25, 0.3) is 0 Å². The van der Waals surface area contributed by atoms with Crippen molar-refractivity contribution in [2.45, 2.75) is 411 Å². The lowest BCUT2D eigenvalue weighted by atomic mass is 10.0. The molecule has 494 valence electrons. The molecular weight excluding hydrogens is 1030 g/mol. The molecule has 0 N–H and O–H groups in total. The first kappa shape index (κ1) is 81.3. The molecule has 0 aliphatic rings. The van der Waals surface area contributed by atoms with E-state index in [4.69, 9.17) is 18.9 Å². The molecule has 0 radical (unpaired) electrons. The first-order valence-electron chi connectivity index (χ1n) is 37.2. The number of carbonyl (C=O) groups is 3. The van der Waals surface area contributed by atoms with E-state index in [9.17, 15) is 19.5 Å². The van der Waals surface area contributed by atoms with Gasteiger partial charge < -0.3 is 33.3 Å². The largest absolute Gasteiger partial charge is 0.545 e. The Morgan fingerprint density at radius 3 is 0.771 bits per heavy atom. The van der Waals surface area contributed by atoms with Crippen molar-refractivity contribution in [1.82, 2.24) is 0 Å². The lowest BCUT2D eigenvalue weighted by Crippen LogP contribution is -2.44. The van der Waals surface area contributed by atoms with E-state index >= 15 is 0 Å². The first-order chi connectivity index (χ1) is 40.6. The Labute approximate surface area is 517 Å². The van der Waals surface area contributed by atoms with Gasteiger partial charge in [0.2, 0.25) is 0 Å². The summed E-state index contributed by atoms with van der Waals surface area (Å²) < 4.78 is 22.8. The Morgan fingerprint density at radius 2 is 0.542 bits per heavy atom. The molecule has 0 heterocycles. The van der Waals surface area contributed by atoms with Crippen molar-refractivity contribution in [2.75, 3.05) is 47.5 Å². The van der Waals surface area contributed by atoms with Crippen LogP contribution in [0.2, 0.25) is 0 Å². The molecule has 0 aliphatic heterocycles. The summed E-state index contributed by atoms with van der Waals surface area (Å²) in [4.78, 5) is 37.5. The van der Waals surface area contributed by atoms with E-state index in [0.717, 1.165) is 38.5 Å². The van der Waals surface area contributed by atoms with E-state index in [0.29, 0.717) is 17.4 Å².